The Morgan fingerprint density at radius 2 is 1.80 bits per heavy atom. The van der Waals surface area contributed by atoms with Crippen LogP contribution in [0.5, 0.6) is 0 Å². The highest BCUT2D eigenvalue weighted by Crippen LogP contribution is 2.10. The summed E-state index contributed by atoms with van der Waals surface area (Å²) in [4.78, 5) is 12.9. The lowest BCUT2D eigenvalue weighted by molar-refractivity contribution is 0.520. The molecule has 0 aliphatic heterocycles. The molecule has 0 aromatic carbocycles. The van der Waals surface area contributed by atoms with Crippen molar-refractivity contribution in [3.05, 3.63) is 10.4 Å². The molecule has 4 nitrogen and oxygen atoms in total. The van der Waals surface area contributed by atoms with Gasteiger partial charge in [-0.15, -0.1) is 0 Å². The van der Waals surface area contributed by atoms with Gasteiger partial charge in [0.05, 0.1) is 0 Å². The Kier molecular flexibility index (Phi) is 10.3. The van der Waals surface area contributed by atoms with Gasteiger partial charge in [-0.2, -0.15) is 0 Å². The molecule has 0 heterocycles. The summed E-state index contributed by atoms with van der Waals surface area (Å²) in [5, 5.41) is 3.35. The Morgan fingerprint density at radius 1 is 1.20 bits per heavy atom. The molecule has 15 heavy (non-hydrogen) atoms. The Balaban J connectivity index is 3.29. The first-order chi connectivity index (χ1) is 7.35. The molecule has 0 saturated carbocycles. The molecule has 1 unspecified atom stereocenters. The van der Waals surface area contributed by atoms with Crippen molar-refractivity contribution in [2.45, 2.75) is 64.3 Å². The molecule has 0 aromatic rings. The summed E-state index contributed by atoms with van der Waals surface area (Å²) < 4.78 is 0. The molecule has 1 radical (unpaired) electrons. The summed E-state index contributed by atoms with van der Waals surface area (Å²) in [5.74, 6) is 0. The SMILES string of the molecule is CCCCCCCCCC([C]=O)N=[N+]=[N-]. The fraction of sp³-hybridized carbons (Fsp3) is 0.909. The van der Waals surface area contributed by atoms with Crippen molar-refractivity contribution in [2.75, 3.05) is 0 Å². The van der Waals surface area contributed by atoms with Crippen molar-refractivity contribution in [1.29, 1.82) is 0 Å². The second-order valence-electron chi connectivity index (χ2n) is 3.75. The van der Waals surface area contributed by atoms with E-state index in [1.807, 2.05) is 0 Å². The summed E-state index contributed by atoms with van der Waals surface area (Å²) in [6.45, 7) is 2.20. The van der Waals surface area contributed by atoms with Crippen LogP contribution in [-0.4, -0.2) is 12.3 Å². The van der Waals surface area contributed by atoms with Crippen LogP contribution in [0.4, 0.5) is 0 Å². The summed E-state index contributed by atoms with van der Waals surface area (Å²) in [7, 11) is 0. The van der Waals surface area contributed by atoms with Gasteiger partial charge >= 0.3 is 0 Å². The van der Waals surface area contributed by atoms with Crippen molar-refractivity contribution in [2.24, 2.45) is 5.11 Å². The van der Waals surface area contributed by atoms with Crippen LogP contribution in [0.1, 0.15) is 58.3 Å². The van der Waals surface area contributed by atoms with Crippen molar-refractivity contribution < 1.29 is 4.79 Å². The van der Waals surface area contributed by atoms with Crippen LogP contribution in [0.25, 0.3) is 10.4 Å². The van der Waals surface area contributed by atoms with Crippen molar-refractivity contribution in [3.63, 3.8) is 0 Å². The highest BCUT2D eigenvalue weighted by Gasteiger charge is 2.04. The number of azide groups is 1. The predicted octanol–water partition coefficient (Wildman–Crippen LogP) is 3.92. The quantitative estimate of drug-likeness (QED) is 0.233. The topological polar surface area (TPSA) is 65.8 Å². The van der Waals surface area contributed by atoms with E-state index in [1.54, 1.807) is 6.29 Å². The molecular weight excluding hydrogens is 190 g/mol. The van der Waals surface area contributed by atoms with Gasteiger partial charge in [-0.3, -0.25) is 4.79 Å². The van der Waals surface area contributed by atoms with E-state index in [-0.39, 0.29) is 0 Å². The second kappa shape index (κ2) is 11.1. The third-order valence-corrected chi connectivity index (χ3v) is 2.41. The normalized spacial score (nSPS) is 11.8. The van der Waals surface area contributed by atoms with Gasteiger partial charge in [0.15, 0.2) is 0 Å². The number of nitrogens with zero attached hydrogens (tertiary/aromatic N) is 3. The fourth-order valence-corrected chi connectivity index (χ4v) is 1.50. The summed E-state index contributed by atoms with van der Waals surface area (Å²) in [6.07, 6.45) is 10.8. The van der Waals surface area contributed by atoms with E-state index < -0.39 is 6.04 Å². The monoisotopic (exact) mass is 210 g/mol. The zero-order valence-electron chi connectivity index (χ0n) is 9.48. The van der Waals surface area contributed by atoms with Gasteiger partial charge < -0.3 is 0 Å². The van der Waals surface area contributed by atoms with Crippen LogP contribution in [0.2, 0.25) is 0 Å². The van der Waals surface area contributed by atoms with Crippen LogP contribution < -0.4 is 0 Å². The molecule has 0 saturated heterocycles. The molecule has 0 rings (SSSR count). The average molecular weight is 210 g/mol. The smallest absolute Gasteiger partial charge is 0.207 e. The second-order valence-corrected chi connectivity index (χ2v) is 3.75. The first-order valence-electron chi connectivity index (χ1n) is 5.77. The molecule has 0 amide bonds. The summed E-state index contributed by atoms with van der Waals surface area (Å²) >= 11 is 0. The molecule has 0 spiro atoms. The van der Waals surface area contributed by atoms with Gasteiger partial charge in [0.1, 0.15) is 6.04 Å². The third-order valence-electron chi connectivity index (χ3n) is 2.41. The molecule has 0 aliphatic rings. The molecule has 0 fully saturated rings. The van der Waals surface area contributed by atoms with Crippen LogP contribution in [0, 0.1) is 0 Å². The number of hydrogen-bond donors (Lipinski definition) is 0. The Bertz CT molecular complexity index is 200. The standard InChI is InChI=1S/C11H20N3O/c1-2-3-4-5-6-7-8-9-11(10-15)13-14-12/h11H,2-9H2,1H3. The Hall–Kier alpha value is -1.02. The first kappa shape index (κ1) is 14.0. The molecule has 0 aliphatic carbocycles. The van der Waals surface area contributed by atoms with Crippen LogP contribution in [-0.2, 0) is 4.79 Å². The molecule has 0 aromatic heterocycles. The lowest BCUT2D eigenvalue weighted by Crippen LogP contribution is -2.03. The van der Waals surface area contributed by atoms with Crippen LogP contribution in [0.15, 0.2) is 5.11 Å². The average Bonchev–Trinajstić information content (AvgIpc) is 2.26. The highest BCUT2D eigenvalue weighted by atomic mass is 16.1. The minimum Gasteiger partial charge on any atom is -0.290 e. The van der Waals surface area contributed by atoms with Crippen LogP contribution >= 0.6 is 0 Å². The zero-order chi connectivity index (χ0) is 11.4. The maximum Gasteiger partial charge on any atom is 0.207 e. The van der Waals surface area contributed by atoms with E-state index in [2.05, 4.69) is 16.9 Å². The molecule has 1 atom stereocenters. The van der Waals surface area contributed by atoms with E-state index in [9.17, 15) is 4.79 Å². The molecule has 85 valence electrons. The highest BCUT2D eigenvalue weighted by molar-refractivity contribution is 5.58. The minimum absolute atomic E-state index is 0.578. The minimum atomic E-state index is -0.578. The number of unbranched alkanes of at least 4 members (excludes halogenated alkanes) is 6. The largest absolute Gasteiger partial charge is 0.290 e. The van der Waals surface area contributed by atoms with Crippen molar-refractivity contribution >= 4 is 6.29 Å². The van der Waals surface area contributed by atoms with Gasteiger partial charge in [-0.05, 0) is 12.0 Å². The lowest BCUT2D eigenvalue weighted by Gasteiger charge is -2.02. The lowest BCUT2D eigenvalue weighted by atomic mass is 10.1. The summed E-state index contributed by atoms with van der Waals surface area (Å²) in [6, 6.07) is -0.578. The predicted molar refractivity (Wildman–Crippen MR) is 61.2 cm³/mol. The maximum absolute atomic E-state index is 10.3. The van der Waals surface area contributed by atoms with Gasteiger partial charge in [-0.25, -0.2) is 0 Å². The van der Waals surface area contributed by atoms with Crippen molar-refractivity contribution in [3.8, 4) is 0 Å². The van der Waals surface area contributed by atoms with Gasteiger partial charge in [0.25, 0.3) is 0 Å². The zero-order valence-corrected chi connectivity index (χ0v) is 9.48. The summed E-state index contributed by atoms with van der Waals surface area (Å²) in [5.41, 5.74) is 8.15. The molecular formula is C11H20N3O. The number of hydrogen-bond acceptors (Lipinski definition) is 2. The number of rotatable bonds is 10. The van der Waals surface area contributed by atoms with E-state index in [1.165, 1.54) is 32.1 Å². The number of carbonyl (C=O) groups excluding carboxylic acids is 1. The van der Waals surface area contributed by atoms with Crippen LogP contribution in [0.3, 0.4) is 0 Å². The molecule has 0 bridgehead atoms. The third kappa shape index (κ3) is 9.29. The molecule has 4 heteroatoms. The first-order valence-corrected chi connectivity index (χ1v) is 5.77. The van der Waals surface area contributed by atoms with E-state index in [0.29, 0.717) is 6.42 Å². The van der Waals surface area contributed by atoms with Gasteiger partial charge in [0, 0.05) is 4.91 Å². The maximum atomic E-state index is 10.3. The van der Waals surface area contributed by atoms with E-state index >= 15 is 0 Å². The molecule has 0 N–H and O–H groups in total. The Morgan fingerprint density at radius 3 is 2.33 bits per heavy atom. The van der Waals surface area contributed by atoms with Crippen molar-refractivity contribution in [1.82, 2.24) is 0 Å². The van der Waals surface area contributed by atoms with Gasteiger partial charge in [0.2, 0.25) is 6.29 Å². The van der Waals surface area contributed by atoms with Gasteiger partial charge in [-0.1, -0.05) is 57.0 Å². The van der Waals surface area contributed by atoms with E-state index in [4.69, 9.17) is 5.53 Å². The fourth-order valence-electron chi connectivity index (χ4n) is 1.50. The van der Waals surface area contributed by atoms with E-state index in [0.717, 1.165) is 12.8 Å². The Labute approximate surface area is 91.7 Å².